The number of hydrogen-bond acceptors (Lipinski definition) is 4. The number of hydrogen-bond donors (Lipinski definition) is 0. The number of methoxy groups -OCH3 is 2. The van der Waals surface area contributed by atoms with Gasteiger partial charge in [0.1, 0.15) is 22.5 Å². The first-order chi connectivity index (χ1) is 16.7. The van der Waals surface area contributed by atoms with Gasteiger partial charge < -0.3 is 9.47 Å². The summed E-state index contributed by atoms with van der Waals surface area (Å²) in [5.41, 5.74) is 5.72. The third kappa shape index (κ3) is 4.52. The molecule has 5 rings (SSSR count). The summed E-state index contributed by atoms with van der Waals surface area (Å²) in [5, 5.41) is 2.12. The predicted octanol–water partition coefficient (Wildman–Crippen LogP) is 7.14. The second kappa shape index (κ2) is 9.59. The van der Waals surface area contributed by atoms with Crippen LogP contribution in [0.5, 0.6) is 11.5 Å². The molecule has 4 heteroatoms. The highest BCUT2D eigenvalue weighted by molar-refractivity contribution is 5.87. The maximum atomic E-state index is 5.44. The molecule has 0 radical (unpaired) electrons. The van der Waals surface area contributed by atoms with Gasteiger partial charge in [0.05, 0.1) is 25.6 Å². The minimum Gasteiger partial charge on any atom is -0.494 e. The first kappa shape index (κ1) is 21.4. The highest BCUT2D eigenvalue weighted by atomic mass is 16.5. The van der Waals surface area contributed by atoms with E-state index in [1.54, 1.807) is 14.2 Å². The van der Waals surface area contributed by atoms with Crippen molar-refractivity contribution in [3.63, 3.8) is 0 Å². The molecule has 0 amide bonds. The first-order valence-corrected chi connectivity index (χ1v) is 11.1. The lowest BCUT2D eigenvalue weighted by Crippen LogP contribution is -1.89. The molecule has 0 spiro atoms. The van der Waals surface area contributed by atoms with Gasteiger partial charge in [-0.25, -0.2) is 9.97 Å². The van der Waals surface area contributed by atoms with Crippen LogP contribution < -0.4 is 9.47 Å². The smallest absolute Gasteiger partial charge is 0.145 e. The molecule has 2 heterocycles. The molecule has 0 unspecified atom stereocenters. The van der Waals surface area contributed by atoms with Crippen LogP contribution in [0.3, 0.4) is 0 Å². The molecular weight excluding hydrogens is 420 g/mol. The summed E-state index contributed by atoms with van der Waals surface area (Å²) < 4.78 is 10.9. The van der Waals surface area contributed by atoms with Crippen molar-refractivity contribution in [2.24, 2.45) is 0 Å². The maximum absolute atomic E-state index is 5.44. The third-order valence-corrected chi connectivity index (χ3v) is 5.68. The van der Waals surface area contributed by atoms with E-state index in [-0.39, 0.29) is 0 Å². The summed E-state index contributed by atoms with van der Waals surface area (Å²) >= 11 is 0. The number of aromatic nitrogens is 2. The number of pyridine rings is 2. The standard InChI is InChI=1S/C30H24N2O2/c1-33-27-7-3-5-23-15-19-25(31-29(23)27)17-13-21-9-11-22(12-10-21)14-18-26-20-16-24-6-4-8-28(34-2)30(24)32-26/h3-20H,1-2H3/b17-13+,18-14+. The zero-order valence-corrected chi connectivity index (χ0v) is 19.1. The molecule has 166 valence electrons. The zero-order chi connectivity index (χ0) is 23.3. The summed E-state index contributed by atoms with van der Waals surface area (Å²) in [6, 6.07) is 28.4. The third-order valence-electron chi connectivity index (χ3n) is 5.68. The molecule has 0 bridgehead atoms. The Morgan fingerprint density at radius 3 is 1.35 bits per heavy atom. The van der Waals surface area contributed by atoms with Crippen molar-refractivity contribution in [2.45, 2.75) is 0 Å². The van der Waals surface area contributed by atoms with Crippen molar-refractivity contribution in [2.75, 3.05) is 14.2 Å². The van der Waals surface area contributed by atoms with Gasteiger partial charge in [-0.15, -0.1) is 0 Å². The number of para-hydroxylation sites is 2. The van der Waals surface area contributed by atoms with Crippen molar-refractivity contribution >= 4 is 46.1 Å². The lowest BCUT2D eigenvalue weighted by atomic mass is 10.1. The maximum Gasteiger partial charge on any atom is 0.145 e. The monoisotopic (exact) mass is 444 g/mol. The Bertz CT molecular complexity index is 1400. The fraction of sp³-hybridized carbons (Fsp3) is 0.0667. The Morgan fingerprint density at radius 1 is 0.500 bits per heavy atom. The topological polar surface area (TPSA) is 44.2 Å². The molecule has 34 heavy (non-hydrogen) atoms. The van der Waals surface area contributed by atoms with Gasteiger partial charge >= 0.3 is 0 Å². The van der Waals surface area contributed by atoms with Crippen LogP contribution in [0.2, 0.25) is 0 Å². The molecule has 0 saturated carbocycles. The molecule has 0 aliphatic carbocycles. The van der Waals surface area contributed by atoms with Crippen LogP contribution >= 0.6 is 0 Å². The Kier molecular flexibility index (Phi) is 6.04. The average Bonchev–Trinajstić information content (AvgIpc) is 2.90. The Balaban J connectivity index is 1.32. The minimum atomic E-state index is 0.781. The lowest BCUT2D eigenvalue weighted by Gasteiger charge is -2.05. The summed E-state index contributed by atoms with van der Waals surface area (Å²) in [7, 11) is 3.34. The second-order valence-electron chi connectivity index (χ2n) is 7.87. The molecule has 0 N–H and O–H groups in total. The van der Waals surface area contributed by atoms with Crippen LogP contribution in [0.4, 0.5) is 0 Å². The van der Waals surface area contributed by atoms with Crippen LogP contribution in [-0.2, 0) is 0 Å². The van der Waals surface area contributed by atoms with Crippen molar-refractivity contribution in [3.05, 3.63) is 107 Å². The van der Waals surface area contributed by atoms with E-state index in [2.05, 4.69) is 48.6 Å². The van der Waals surface area contributed by atoms with Crippen molar-refractivity contribution in [1.82, 2.24) is 9.97 Å². The molecule has 5 aromatic rings. The molecule has 0 aliphatic rings. The zero-order valence-electron chi connectivity index (χ0n) is 19.1. The fourth-order valence-corrected chi connectivity index (χ4v) is 3.87. The fourth-order valence-electron chi connectivity index (χ4n) is 3.87. The largest absolute Gasteiger partial charge is 0.494 e. The van der Waals surface area contributed by atoms with Crippen LogP contribution in [0, 0.1) is 0 Å². The molecule has 0 saturated heterocycles. The van der Waals surface area contributed by atoms with E-state index in [0.717, 1.165) is 55.8 Å². The molecule has 0 atom stereocenters. The van der Waals surface area contributed by atoms with Gasteiger partial charge in [0.15, 0.2) is 0 Å². The van der Waals surface area contributed by atoms with E-state index in [1.807, 2.05) is 60.7 Å². The van der Waals surface area contributed by atoms with Crippen molar-refractivity contribution in [1.29, 1.82) is 0 Å². The molecular formula is C30H24N2O2. The molecule has 4 nitrogen and oxygen atoms in total. The normalized spacial score (nSPS) is 11.6. The van der Waals surface area contributed by atoms with Gasteiger partial charge in [-0.1, -0.05) is 72.8 Å². The Morgan fingerprint density at radius 2 is 0.941 bits per heavy atom. The van der Waals surface area contributed by atoms with Crippen LogP contribution in [-0.4, -0.2) is 24.2 Å². The van der Waals surface area contributed by atoms with Crippen molar-refractivity contribution in [3.8, 4) is 11.5 Å². The van der Waals surface area contributed by atoms with E-state index in [0.29, 0.717) is 0 Å². The van der Waals surface area contributed by atoms with E-state index in [1.165, 1.54) is 0 Å². The molecule has 0 fully saturated rings. The SMILES string of the molecule is COc1cccc2ccc(/C=C/c3ccc(/C=C/c4ccc5cccc(OC)c5n4)cc3)nc12. The lowest BCUT2D eigenvalue weighted by molar-refractivity contribution is 0.419. The van der Waals surface area contributed by atoms with Gasteiger partial charge in [0, 0.05) is 10.8 Å². The predicted molar refractivity (Wildman–Crippen MR) is 141 cm³/mol. The van der Waals surface area contributed by atoms with Gasteiger partial charge in [-0.2, -0.15) is 0 Å². The van der Waals surface area contributed by atoms with Crippen molar-refractivity contribution < 1.29 is 9.47 Å². The van der Waals surface area contributed by atoms with Gasteiger partial charge in [0.2, 0.25) is 0 Å². The van der Waals surface area contributed by atoms with Crippen LogP contribution in [0.15, 0.2) is 84.9 Å². The number of ether oxygens (including phenoxy) is 2. The Hall–Kier alpha value is -4.44. The van der Waals surface area contributed by atoms with Crippen LogP contribution in [0.25, 0.3) is 46.1 Å². The number of rotatable bonds is 6. The van der Waals surface area contributed by atoms with Crippen LogP contribution in [0.1, 0.15) is 22.5 Å². The number of benzene rings is 3. The van der Waals surface area contributed by atoms with Gasteiger partial charge in [0.25, 0.3) is 0 Å². The summed E-state index contributed by atoms with van der Waals surface area (Å²) in [4.78, 5) is 9.47. The first-order valence-electron chi connectivity index (χ1n) is 11.1. The van der Waals surface area contributed by atoms with Gasteiger partial charge in [-0.3, -0.25) is 0 Å². The average molecular weight is 445 g/mol. The summed E-state index contributed by atoms with van der Waals surface area (Å²) in [5.74, 6) is 1.56. The summed E-state index contributed by atoms with van der Waals surface area (Å²) in [6.07, 6.45) is 8.16. The molecule has 3 aromatic carbocycles. The van der Waals surface area contributed by atoms with E-state index in [4.69, 9.17) is 19.4 Å². The highest BCUT2D eigenvalue weighted by Gasteiger charge is 2.04. The Labute approximate surface area is 198 Å². The number of nitrogens with zero attached hydrogens (tertiary/aromatic N) is 2. The van der Waals surface area contributed by atoms with Gasteiger partial charge in [-0.05, 0) is 47.5 Å². The second-order valence-corrected chi connectivity index (χ2v) is 7.87. The molecule has 2 aromatic heterocycles. The highest BCUT2D eigenvalue weighted by Crippen LogP contribution is 2.25. The van der Waals surface area contributed by atoms with E-state index in [9.17, 15) is 0 Å². The van der Waals surface area contributed by atoms with E-state index >= 15 is 0 Å². The quantitative estimate of drug-likeness (QED) is 0.279. The number of fused-ring (bicyclic) bond motifs is 2. The summed E-state index contributed by atoms with van der Waals surface area (Å²) in [6.45, 7) is 0. The molecule has 0 aliphatic heterocycles. The van der Waals surface area contributed by atoms with E-state index < -0.39 is 0 Å². The minimum absolute atomic E-state index is 0.781.